The highest BCUT2D eigenvalue weighted by molar-refractivity contribution is 5.23. The Morgan fingerprint density at radius 3 is 2.40 bits per heavy atom. The van der Waals surface area contributed by atoms with Gasteiger partial charge in [-0.1, -0.05) is 48.6 Å². The van der Waals surface area contributed by atoms with Crippen LogP contribution in [0, 0.1) is 5.92 Å². The first kappa shape index (κ1) is 7.07. The van der Waals surface area contributed by atoms with Gasteiger partial charge in [0.1, 0.15) is 0 Å². The molecular formula is C10H12. The first-order chi connectivity index (χ1) is 4.93. The molecule has 0 saturated carbocycles. The Morgan fingerprint density at radius 2 is 1.80 bits per heavy atom. The lowest BCUT2D eigenvalue weighted by atomic mass is 10.1. The molecule has 1 aliphatic rings. The molecule has 1 aliphatic carbocycles. The summed E-state index contributed by atoms with van der Waals surface area (Å²) in [6, 6.07) is 0. The zero-order valence-electron chi connectivity index (χ0n) is 6.20. The van der Waals surface area contributed by atoms with E-state index in [1.165, 1.54) is 0 Å². The van der Waals surface area contributed by atoms with Crippen molar-refractivity contribution in [1.82, 2.24) is 0 Å². The zero-order valence-corrected chi connectivity index (χ0v) is 6.20. The van der Waals surface area contributed by atoms with Gasteiger partial charge in [0.05, 0.1) is 0 Å². The van der Waals surface area contributed by atoms with Gasteiger partial charge in [0, 0.05) is 5.92 Å². The molecule has 0 bridgehead atoms. The van der Waals surface area contributed by atoms with E-state index in [-0.39, 0.29) is 0 Å². The molecule has 0 spiro atoms. The van der Waals surface area contributed by atoms with Crippen LogP contribution in [0.2, 0.25) is 0 Å². The van der Waals surface area contributed by atoms with Crippen LogP contribution in [0.15, 0.2) is 48.6 Å². The maximum absolute atomic E-state index is 2.17. The van der Waals surface area contributed by atoms with E-state index in [9.17, 15) is 0 Å². The fraction of sp³-hybridized carbons (Fsp3) is 0.200. The van der Waals surface area contributed by atoms with Crippen molar-refractivity contribution >= 4 is 0 Å². The summed E-state index contributed by atoms with van der Waals surface area (Å²) in [5, 5.41) is 0. The molecule has 0 radical (unpaired) electrons. The first-order valence-corrected chi connectivity index (χ1v) is 3.58. The van der Waals surface area contributed by atoms with Crippen molar-refractivity contribution in [3.63, 3.8) is 0 Å². The number of hydrogen-bond donors (Lipinski definition) is 0. The molecule has 0 atom stereocenters. The van der Waals surface area contributed by atoms with Crippen molar-refractivity contribution in [2.24, 2.45) is 5.92 Å². The summed E-state index contributed by atoms with van der Waals surface area (Å²) in [4.78, 5) is 0. The van der Waals surface area contributed by atoms with Crippen LogP contribution in [0.1, 0.15) is 6.92 Å². The number of allylic oxidation sites excluding steroid dienone is 8. The molecule has 0 aromatic heterocycles. The Hall–Kier alpha value is -1.04. The van der Waals surface area contributed by atoms with E-state index in [4.69, 9.17) is 0 Å². The molecule has 0 N–H and O–H groups in total. The molecule has 52 valence electrons. The SMILES string of the molecule is CC=CC=CC1C=CC=C1. The smallest absolute Gasteiger partial charge is 0.0136 e. The molecule has 0 unspecified atom stereocenters. The fourth-order valence-electron chi connectivity index (χ4n) is 0.881. The highest BCUT2D eigenvalue weighted by atomic mass is 14.0. The van der Waals surface area contributed by atoms with Gasteiger partial charge in [-0.15, -0.1) is 0 Å². The van der Waals surface area contributed by atoms with Gasteiger partial charge >= 0.3 is 0 Å². The van der Waals surface area contributed by atoms with Crippen LogP contribution in [0.4, 0.5) is 0 Å². The van der Waals surface area contributed by atoms with E-state index in [2.05, 4.69) is 36.5 Å². The van der Waals surface area contributed by atoms with Gasteiger partial charge in [-0.2, -0.15) is 0 Å². The van der Waals surface area contributed by atoms with E-state index in [1.54, 1.807) is 0 Å². The van der Waals surface area contributed by atoms with E-state index in [0.29, 0.717) is 5.92 Å². The molecule has 0 heterocycles. The van der Waals surface area contributed by atoms with Crippen LogP contribution in [0.25, 0.3) is 0 Å². The van der Waals surface area contributed by atoms with Crippen molar-refractivity contribution in [2.75, 3.05) is 0 Å². The van der Waals surface area contributed by atoms with Gasteiger partial charge in [0.2, 0.25) is 0 Å². The number of rotatable bonds is 2. The molecule has 10 heavy (non-hydrogen) atoms. The van der Waals surface area contributed by atoms with Gasteiger partial charge in [0.25, 0.3) is 0 Å². The molecule has 0 amide bonds. The Kier molecular flexibility index (Phi) is 2.75. The van der Waals surface area contributed by atoms with E-state index in [1.807, 2.05) is 19.1 Å². The van der Waals surface area contributed by atoms with Crippen LogP contribution in [-0.2, 0) is 0 Å². The van der Waals surface area contributed by atoms with Crippen LogP contribution >= 0.6 is 0 Å². The fourth-order valence-corrected chi connectivity index (χ4v) is 0.881. The van der Waals surface area contributed by atoms with Gasteiger partial charge in [-0.3, -0.25) is 0 Å². The summed E-state index contributed by atoms with van der Waals surface area (Å²) in [6.45, 7) is 2.02. The van der Waals surface area contributed by atoms with Crippen LogP contribution in [0.3, 0.4) is 0 Å². The topological polar surface area (TPSA) is 0 Å². The molecular weight excluding hydrogens is 120 g/mol. The Labute approximate surface area is 62.3 Å². The van der Waals surface area contributed by atoms with Gasteiger partial charge in [-0.05, 0) is 6.92 Å². The minimum atomic E-state index is 0.524. The molecule has 0 aromatic carbocycles. The predicted molar refractivity (Wildman–Crippen MR) is 45.7 cm³/mol. The summed E-state index contributed by atoms with van der Waals surface area (Å²) >= 11 is 0. The molecule has 0 nitrogen and oxygen atoms in total. The summed E-state index contributed by atoms with van der Waals surface area (Å²) in [6.07, 6.45) is 16.8. The minimum Gasteiger partial charge on any atom is -0.0877 e. The third-order valence-electron chi connectivity index (χ3n) is 1.41. The standard InChI is InChI=1S/C10H12/c1-2-3-4-7-10-8-5-6-9-10/h2-10H,1H3. The Bertz CT molecular complexity index is 180. The van der Waals surface area contributed by atoms with Crippen LogP contribution < -0.4 is 0 Å². The summed E-state index contributed by atoms with van der Waals surface area (Å²) in [5.41, 5.74) is 0. The van der Waals surface area contributed by atoms with Crippen molar-refractivity contribution in [1.29, 1.82) is 0 Å². The number of hydrogen-bond acceptors (Lipinski definition) is 0. The molecule has 1 rings (SSSR count). The lowest BCUT2D eigenvalue weighted by Gasteiger charge is -1.91. The minimum absolute atomic E-state index is 0.524. The van der Waals surface area contributed by atoms with E-state index < -0.39 is 0 Å². The quantitative estimate of drug-likeness (QED) is 0.507. The highest BCUT2D eigenvalue weighted by Crippen LogP contribution is 2.09. The van der Waals surface area contributed by atoms with Crippen LogP contribution in [0.5, 0.6) is 0 Å². The lowest BCUT2D eigenvalue weighted by Crippen LogP contribution is -1.78. The van der Waals surface area contributed by atoms with Crippen molar-refractivity contribution < 1.29 is 0 Å². The average Bonchev–Trinajstić information content (AvgIpc) is 2.41. The maximum Gasteiger partial charge on any atom is 0.0136 e. The van der Waals surface area contributed by atoms with Gasteiger partial charge < -0.3 is 0 Å². The van der Waals surface area contributed by atoms with E-state index in [0.717, 1.165) is 0 Å². The Morgan fingerprint density at radius 1 is 1.10 bits per heavy atom. The Balaban J connectivity index is 2.38. The monoisotopic (exact) mass is 132 g/mol. The summed E-state index contributed by atoms with van der Waals surface area (Å²) in [5.74, 6) is 0.524. The molecule has 0 aliphatic heterocycles. The molecule has 0 saturated heterocycles. The normalized spacial score (nSPS) is 18.5. The third kappa shape index (κ3) is 2.06. The highest BCUT2D eigenvalue weighted by Gasteiger charge is 1.94. The average molecular weight is 132 g/mol. The maximum atomic E-state index is 2.17. The predicted octanol–water partition coefficient (Wildman–Crippen LogP) is 2.86. The van der Waals surface area contributed by atoms with Crippen molar-refractivity contribution in [3.8, 4) is 0 Å². The van der Waals surface area contributed by atoms with Gasteiger partial charge in [-0.25, -0.2) is 0 Å². The third-order valence-corrected chi connectivity index (χ3v) is 1.41. The summed E-state index contributed by atoms with van der Waals surface area (Å²) < 4.78 is 0. The van der Waals surface area contributed by atoms with Crippen LogP contribution in [-0.4, -0.2) is 0 Å². The summed E-state index contributed by atoms with van der Waals surface area (Å²) in [7, 11) is 0. The van der Waals surface area contributed by atoms with Crippen molar-refractivity contribution in [3.05, 3.63) is 48.6 Å². The molecule has 0 aromatic rings. The second kappa shape index (κ2) is 3.89. The molecule has 0 fully saturated rings. The largest absolute Gasteiger partial charge is 0.0877 e. The van der Waals surface area contributed by atoms with E-state index >= 15 is 0 Å². The van der Waals surface area contributed by atoms with Gasteiger partial charge in [0.15, 0.2) is 0 Å². The van der Waals surface area contributed by atoms with Crippen molar-refractivity contribution in [2.45, 2.75) is 6.92 Å². The second-order valence-electron chi connectivity index (χ2n) is 2.26. The second-order valence-corrected chi connectivity index (χ2v) is 2.26. The first-order valence-electron chi connectivity index (χ1n) is 3.58. The zero-order chi connectivity index (χ0) is 7.23. The lowest BCUT2D eigenvalue weighted by molar-refractivity contribution is 1.09. The molecule has 0 heteroatoms.